The van der Waals surface area contributed by atoms with Crippen LogP contribution in [-0.4, -0.2) is 57.3 Å². The second kappa shape index (κ2) is 8.43. The number of thioether (sulfide) groups is 1. The molecule has 1 spiro atoms. The van der Waals surface area contributed by atoms with E-state index < -0.39 is 0 Å². The van der Waals surface area contributed by atoms with E-state index in [2.05, 4.69) is 26.7 Å². The van der Waals surface area contributed by atoms with Gasteiger partial charge in [0.15, 0.2) is 11.8 Å². The smallest absolute Gasteiger partial charge is 0.194 e. The van der Waals surface area contributed by atoms with Gasteiger partial charge in [-0.15, -0.1) is 10.2 Å². The Balaban J connectivity index is 1.66. The Morgan fingerprint density at radius 3 is 2.76 bits per heavy atom. The van der Waals surface area contributed by atoms with Crippen LogP contribution in [0, 0.1) is 12.3 Å². The molecule has 140 valence electrons. The van der Waals surface area contributed by atoms with Crippen molar-refractivity contribution in [3.63, 3.8) is 0 Å². The lowest BCUT2D eigenvalue weighted by atomic mass is 9.86. The number of nitrogens with one attached hydrogen (secondary N) is 1. The van der Waals surface area contributed by atoms with Crippen molar-refractivity contribution < 1.29 is 0 Å². The highest BCUT2D eigenvalue weighted by Crippen LogP contribution is 2.45. The SMILES string of the molecule is CSCCCNC(=NCc1nnc(C)n1C)N1CCC2(CCCC2)C1. The van der Waals surface area contributed by atoms with E-state index in [9.17, 15) is 0 Å². The van der Waals surface area contributed by atoms with Crippen LogP contribution in [0.5, 0.6) is 0 Å². The second-order valence-electron chi connectivity index (χ2n) is 7.51. The molecule has 2 heterocycles. The summed E-state index contributed by atoms with van der Waals surface area (Å²) in [6, 6.07) is 0. The van der Waals surface area contributed by atoms with Crippen LogP contribution >= 0.6 is 11.8 Å². The van der Waals surface area contributed by atoms with Crippen LogP contribution in [0.15, 0.2) is 4.99 Å². The van der Waals surface area contributed by atoms with Gasteiger partial charge in [-0.05, 0) is 50.0 Å². The Morgan fingerprint density at radius 1 is 1.28 bits per heavy atom. The minimum atomic E-state index is 0.559. The molecule has 1 N–H and O–H groups in total. The van der Waals surface area contributed by atoms with Crippen LogP contribution in [-0.2, 0) is 13.6 Å². The zero-order valence-corrected chi connectivity index (χ0v) is 16.7. The molecule has 3 rings (SSSR count). The standard InChI is InChI=1S/C18H32N6S/c1-15-21-22-16(23(15)2)13-20-17(19-10-6-12-25-3)24-11-9-18(14-24)7-4-5-8-18/h4-14H2,1-3H3,(H,19,20). The molecule has 0 amide bonds. The van der Waals surface area contributed by atoms with Gasteiger partial charge in [-0.25, -0.2) is 4.99 Å². The molecule has 1 aromatic heterocycles. The van der Waals surface area contributed by atoms with Gasteiger partial charge in [0, 0.05) is 26.7 Å². The molecule has 2 fully saturated rings. The van der Waals surface area contributed by atoms with Crippen molar-refractivity contribution in [2.75, 3.05) is 31.6 Å². The molecule has 1 aliphatic heterocycles. The number of hydrogen-bond donors (Lipinski definition) is 1. The van der Waals surface area contributed by atoms with E-state index in [-0.39, 0.29) is 0 Å². The summed E-state index contributed by atoms with van der Waals surface area (Å²) >= 11 is 1.90. The molecule has 1 aromatic rings. The first-order chi connectivity index (χ1) is 12.1. The van der Waals surface area contributed by atoms with Crippen molar-refractivity contribution in [3.8, 4) is 0 Å². The van der Waals surface area contributed by atoms with Gasteiger partial charge in [-0.2, -0.15) is 11.8 Å². The number of hydrogen-bond acceptors (Lipinski definition) is 4. The minimum absolute atomic E-state index is 0.559. The Kier molecular flexibility index (Phi) is 6.25. The van der Waals surface area contributed by atoms with E-state index in [1.54, 1.807) is 0 Å². The van der Waals surface area contributed by atoms with E-state index in [0.717, 1.165) is 30.7 Å². The summed E-state index contributed by atoms with van der Waals surface area (Å²) in [4.78, 5) is 7.38. The van der Waals surface area contributed by atoms with Crippen molar-refractivity contribution in [1.29, 1.82) is 0 Å². The van der Waals surface area contributed by atoms with Crippen molar-refractivity contribution >= 4 is 17.7 Å². The summed E-state index contributed by atoms with van der Waals surface area (Å²) in [5.74, 6) is 4.11. The molecule has 0 unspecified atom stereocenters. The monoisotopic (exact) mass is 364 g/mol. The van der Waals surface area contributed by atoms with Gasteiger partial charge in [0.05, 0.1) is 0 Å². The average Bonchev–Trinajstić information content (AvgIpc) is 3.32. The van der Waals surface area contributed by atoms with Gasteiger partial charge in [0.2, 0.25) is 0 Å². The molecule has 0 bridgehead atoms. The van der Waals surface area contributed by atoms with Crippen LogP contribution in [0.1, 0.15) is 50.2 Å². The summed E-state index contributed by atoms with van der Waals surface area (Å²) in [7, 11) is 2.01. The predicted molar refractivity (Wildman–Crippen MR) is 105 cm³/mol. The Morgan fingerprint density at radius 2 is 2.08 bits per heavy atom. The Hall–Kier alpha value is -1.24. The average molecular weight is 365 g/mol. The van der Waals surface area contributed by atoms with Crippen LogP contribution in [0.2, 0.25) is 0 Å². The largest absolute Gasteiger partial charge is 0.356 e. The number of guanidine groups is 1. The lowest BCUT2D eigenvalue weighted by Crippen LogP contribution is -2.41. The van der Waals surface area contributed by atoms with E-state index >= 15 is 0 Å². The third-order valence-corrected chi connectivity index (χ3v) is 6.46. The van der Waals surface area contributed by atoms with Gasteiger partial charge in [0.25, 0.3) is 0 Å². The molecule has 1 saturated carbocycles. The van der Waals surface area contributed by atoms with Gasteiger partial charge in [-0.1, -0.05) is 12.8 Å². The third kappa shape index (κ3) is 4.49. The number of aliphatic imine (C=N–C) groups is 1. The summed E-state index contributed by atoms with van der Waals surface area (Å²) in [6.07, 6.45) is 10.2. The molecule has 7 heteroatoms. The predicted octanol–water partition coefficient (Wildman–Crippen LogP) is 2.59. The van der Waals surface area contributed by atoms with Crippen molar-refractivity contribution in [2.24, 2.45) is 17.5 Å². The van der Waals surface area contributed by atoms with Crippen molar-refractivity contribution in [3.05, 3.63) is 11.6 Å². The highest BCUT2D eigenvalue weighted by atomic mass is 32.2. The molecule has 6 nitrogen and oxygen atoms in total. The summed E-state index contributed by atoms with van der Waals surface area (Å²) in [5, 5.41) is 12.0. The molecule has 0 atom stereocenters. The summed E-state index contributed by atoms with van der Waals surface area (Å²) in [5.41, 5.74) is 0.559. The molecule has 0 aromatic carbocycles. The quantitative estimate of drug-likeness (QED) is 0.478. The van der Waals surface area contributed by atoms with Gasteiger partial charge in [0.1, 0.15) is 12.4 Å². The zero-order chi connectivity index (χ0) is 17.7. The molecular weight excluding hydrogens is 332 g/mol. The number of aryl methyl sites for hydroxylation is 1. The topological polar surface area (TPSA) is 58.3 Å². The van der Waals surface area contributed by atoms with Crippen LogP contribution < -0.4 is 5.32 Å². The highest BCUT2D eigenvalue weighted by Gasteiger charge is 2.41. The molecule has 25 heavy (non-hydrogen) atoms. The fraction of sp³-hybridized carbons (Fsp3) is 0.833. The first-order valence-corrected chi connectivity index (χ1v) is 10.9. The number of aromatic nitrogens is 3. The first-order valence-electron chi connectivity index (χ1n) is 9.51. The maximum absolute atomic E-state index is 4.90. The maximum atomic E-state index is 4.90. The number of likely N-dealkylation sites (tertiary alicyclic amines) is 1. The molecular formula is C18H32N6S. The lowest BCUT2D eigenvalue weighted by Gasteiger charge is -2.26. The van der Waals surface area contributed by atoms with Crippen LogP contribution in [0.25, 0.3) is 0 Å². The minimum Gasteiger partial charge on any atom is -0.356 e. The fourth-order valence-corrected chi connectivity index (χ4v) is 4.50. The Labute approximate surface area is 155 Å². The second-order valence-corrected chi connectivity index (χ2v) is 8.50. The van der Waals surface area contributed by atoms with Gasteiger partial charge < -0.3 is 14.8 Å². The van der Waals surface area contributed by atoms with Gasteiger partial charge >= 0.3 is 0 Å². The van der Waals surface area contributed by atoms with Gasteiger partial charge in [-0.3, -0.25) is 0 Å². The van der Waals surface area contributed by atoms with E-state index in [4.69, 9.17) is 4.99 Å². The maximum Gasteiger partial charge on any atom is 0.194 e. The van der Waals surface area contributed by atoms with E-state index in [1.165, 1.54) is 50.8 Å². The summed E-state index contributed by atoms with van der Waals surface area (Å²) in [6.45, 7) is 5.85. The van der Waals surface area contributed by atoms with Crippen molar-refractivity contribution in [2.45, 2.75) is 52.0 Å². The van der Waals surface area contributed by atoms with E-state index in [0.29, 0.717) is 12.0 Å². The van der Waals surface area contributed by atoms with Crippen LogP contribution in [0.4, 0.5) is 0 Å². The molecule has 0 radical (unpaired) electrons. The fourth-order valence-electron chi connectivity index (χ4n) is 4.07. The normalized spacial score (nSPS) is 20.0. The zero-order valence-electron chi connectivity index (χ0n) is 15.9. The number of nitrogens with zero attached hydrogens (tertiary/aromatic N) is 5. The first kappa shape index (κ1) is 18.5. The molecule has 2 aliphatic rings. The van der Waals surface area contributed by atoms with E-state index in [1.807, 2.05) is 30.3 Å². The molecule has 1 saturated heterocycles. The lowest BCUT2D eigenvalue weighted by molar-refractivity contribution is 0.309. The molecule has 1 aliphatic carbocycles. The highest BCUT2D eigenvalue weighted by molar-refractivity contribution is 7.98. The van der Waals surface area contributed by atoms with Crippen LogP contribution in [0.3, 0.4) is 0 Å². The van der Waals surface area contributed by atoms with Crippen molar-refractivity contribution in [1.82, 2.24) is 25.0 Å². The number of rotatable bonds is 6. The third-order valence-electron chi connectivity index (χ3n) is 5.76. The summed E-state index contributed by atoms with van der Waals surface area (Å²) < 4.78 is 2.03. The Bertz CT molecular complexity index is 590.